The highest BCUT2D eigenvalue weighted by atomic mass is 16.6. The fourth-order valence-corrected chi connectivity index (χ4v) is 5.24. The lowest BCUT2D eigenvalue weighted by atomic mass is 9.49. The minimum atomic E-state index is -0.153. The van der Waals surface area contributed by atoms with Crippen LogP contribution in [0.2, 0.25) is 0 Å². The van der Waals surface area contributed by atoms with Crippen molar-refractivity contribution in [2.75, 3.05) is 0 Å². The highest BCUT2D eigenvalue weighted by Gasteiger charge is 2.60. The molecule has 0 amide bonds. The minimum Gasteiger partial charge on any atom is -0.459 e. The van der Waals surface area contributed by atoms with Gasteiger partial charge in [0.25, 0.3) is 0 Å². The van der Waals surface area contributed by atoms with E-state index in [0.717, 1.165) is 18.3 Å². The summed E-state index contributed by atoms with van der Waals surface area (Å²) >= 11 is 0. The molecule has 2 heteroatoms. The number of carbonyl (C=O) groups excluding carboxylic acids is 1. The second-order valence-corrected chi connectivity index (χ2v) is 7.06. The van der Waals surface area contributed by atoms with Crippen molar-refractivity contribution in [1.29, 1.82) is 0 Å². The van der Waals surface area contributed by atoms with Gasteiger partial charge in [0.2, 0.25) is 0 Å². The number of hydrogen-bond donors (Lipinski definition) is 0. The van der Waals surface area contributed by atoms with Crippen molar-refractivity contribution in [3.63, 3.8) is 0 Å². The molecule has 2 nitrogen and oxygen atoms in total. The molecular weight excluding hydrogens is 236 g/mol. The molecule has 0 aromatic rings. The summed E-state index contributed by atoms with van der Waals surface area (Å²) in [6.07, 6.45) is 6.98. The Balaban J connectivity index is 0.000000637. The normalized spacial score (nSPS) is 48.5. The van der Waals surface area contributed by atoms with Crippen molar-refractivity contribution < 1.29 is 9.53 Å². The zero-order valence-corrected chi connectivity index (χ0v) is 13.3. The van der Waals surface area contributed by atoms with Crippen LogP contribution in [0.15, 0.2) is 0 Å². The molecule has 5 atom stereocenters. The van der Waals surface area contributed by atoms with Crippen LogP contribution in [0.5, 0.6) is 0 Å². The summed E-state index contributed by atoms with van der Waals surface area (Å²) in [6.45, 7) is 11.0. The van der Waals surface area contributed by atoms with E-state index in [1.165, 1.54) is 25.7 Å². The fraction of sp³-hybridized carbons (Fsp3) is 0.941. The van der Waals surface area contributed by atoms with E-state index in [4.69, 9.17) is 4.74 Å². The van der Waals surface area contributed by atoms with Gasteiger partial charge in [-0.3, -0.25) is 4.79 Å². The zero-order chi connectivity index (χ0) is 14.3. The third-order valence-electron chi connectivity index (χ3n) is 6.11. The Morgan fingerprint density at radius 1 is 1.16 bits per heavy atom. The van der Waals surface area contributed by atoms with Crippen molar-refractivity contribution in [3.8, 4) is 0 Å². The number of ether oxygens (including phenoxy) is 1. The first-order valence-electron chi connectivity index (χ1n) is 8.17. The Hall–Kier alpha value is -0.530. The molecule has 0 radical (unpaired) electrons. The molecule has 0 bridgehead atoms. The van der Waals surface area contributed by atoms with Gasteiger partial charge >= 0.3 is 5.97 Å². The summed E-state index contributed by atoms with van der Waals surface area (Å²) in [6, 6.07) is 0. The highest BCUT2D eigenvalue weighted by molar-refractivity contribution is 5.73. The van der Waals surface area contributed by atoms with Crippen LogP contribution in [-0.2, 0) is 9.53 Å². The second-order valence-electron chi connectivity index (χ2n) is 7.06. The van der Waals surface area contributed by atoms with Crippen LogP contribution >= 0.6 is 0 Å². The Morgan fingerprint density at radius 3 is 2.53 bits per heavy atom. The molecule has 3 aliphatic rings. The summed E-state index contributed by atoms with van der Waals surface area (Å²) in [4.78, 5) is 11.7. The van der Waals surface area contributed by atoms with Crippen LogP contribution < -0.4 is 0 Å². The average molecular weight is 266 g/mol. The number of rotatable bonds is 0. The fourth-order valence-electron chi connectivity index (χ4n) is 5.24. The maximum absolute atomic E-state index is 11.7. The smallest absolute Gasteiger partial charge is 0.306 e. The second kappa shape index (κ2) is 5.10. The monoisotopic (exact) mass is 266 g/mol. The topological polar surface area (TPSA) is 26.3 Å². The first-order chi connectivity index (χ1) is 8.96. The predicted octanol–water partition coefficient (Wildman–Crippen LogP) is 4.57. The molecule has 3 rings (SSSR count). The van der Waals surface area contributed by atoms with Crippen molar-refractivity contribution >= 4 is 5.97 Å². The molecule has 0 N–H and O–H groups in total. The van der Waals surface area contributed by atoms with Gasteiger partial charge in [-0.15, -0.1) is 0 Å². The van der Waals surface area contributed by atoms with Gasteiger partial charge in [-0.05, 0) is 43.4 Å². The highest BCUT2D eigenvalue weighted by Crippen LogP contribution is 2.61. The van der Waals surface area contributed by atoms with Gasteiger partial charge in [0.05, 0.1) is 6.42 Å². The standard InChI is InChI=1S/C15H24O2.C2H6/c1-10-5-4-7-14(2)11(10)6-8-15(3)12(14)9-13(16)17-15;1-2/h10-12H,4-9H2,1-3H3;1-2H3. The van der Waals surface area contributed by atoms with Gasteiger partial charge in [-0.2, -0.15) is 0 Å². The van der Waals surface area contributed by atoms with Crippen LogP contribution in [0.1, 0.15) is 73.1 Å². The molecule has 19 heavy (non-hydrogen) atoms. The van der Waals surface area contributed by atoms with E-state index in [1.807, 2.05) is 13.8 Å². The summed E-state index contributed by atoms with van der Waals surface area (Å²) in [5, 5.41) is 0. The lowest BCUT2D eigenvalue weighted by molar-refractivity contribution is -0.159. The Kier molecular flexibility index (Phi) is 3.99. The molecule has 2 aliphatic carbocycles. The van der Waals surface area contributed by atoms with Gasteiger partial charge in [-0.1, -0.05) is 40.5 Å². The Bertz CT molecular complexity index is 351. The van der Waals surface area contributed by atoms with Crippen LogP contribution in [0.3, 0.4) is 0 Å². The molecular formula is C17H30O2. The third-order valence-corrected chi connectivity index (χ3v) is 6.11. The van der Waals surface area contributed by atoms with Gasteiger partial charge < -0.3 is 4.74 Å². The molecule has 0 aromatic carbocycles. The van der Waals surface area contributed by atoms with Gasteiger partial charge in [-0.25, -0.2) is 0 Å². The van der Waals surface area contributed by atoms with Gasteiger partial charge in [0, 0.05) is 5.92 Å². The first kappa shape index (κ1) is 14.9. The van der Waals surface area contributed by atoms with Crippen molar-refractivity contribution in [1.82, 2.24) is 0 Å². The SMILES string of the molecule is CC.CC1CCCC2(C)C1CCC1(C)OC(=O)CC12. The van der Waals surface area contributed by atoms with Crippen molar-refractivity contribution in [2.45, 2.75) is 78.7 Å². The Labute approximate surface area is 118 Å². The molecule has 5 unspecified atom stereocenters. The summed E-state index contributed by atoms with van der Waals surface area (Å²) < 4.78 is 5.66. The van der Waals surface area contributed by atoms with E-state index in [2.05, 4.69) is 20.8 Å². The van der Waals surface area contributed by atoms with E-state index in [-0.39, 0.29) is 11.6 Å². The number of hydrogen-bond acceptors (Lipinski definition) is 2. The van der Waals surface area contributed by atoms with E-state index in [0.29, 0.717) is 17.8 Å². The minimum absolute atomic E-state index is 0.0394. The van der Waals surface area contributed by atoms with Crippen LogP contribution in [-0.4, -0.2) is 11.6 Å². The van der Waals surface area contributed by atoms with E-state index >= 15 is 0 Å². The number of esters is 1. The lowest BCUT2D eigenvalue weighted by Crippen LogP contribution is -2.53. The first-order valence-corrected chi connectivity index (χ1v) is 8.17. The van der Waals surface area contributed by atoms with E-state index in [1.54, 1.807) is 0 Å². The third kappa shape index (κ3) is 2.21. The summed E-state index contributed by atoms with van der Waals surface area (Å²) in [5.74, 6) is 2.14. The van der Waals surface area contributed by atoms with Gasteiger partial charge in [0.15, 0.2) is 0 Å². The molecule has 110 valence electrons. The summed E-state index contributed by atoms with van der Waals surface area (Å²) in [7, 11) is 0. The molecule has 3 fully saturated rings. The number of carbonyl (C=O) groups is 1. The molecule has 0 aromatic heterocycles. The molecule has 1 aliphatic heterocycles. The predicted molar refractivity (Wildman–Crippen MR) is 77.8 cm³/mol. The lowest BCUT2D eigenvalue weighted by Gasteiger charge is -2.56. The largest absolute Gasteiger partial charge is 0.459 e. The average Bonchev–Trinajstić information content (AvgIpc) is 2.68. The van der Waals surface area contributed by atoms with Crippen LogP contribution in [0.25, 0.3) is 0 Å². The quantitative estimate of drug-likeness (QED) is 0.600. The summed E-state index contributed by atoms with van der Waals surface area (Å²) in [5.41, 5.74) is 0.191. The zero-order valence-electron chi connectivity index (χ0n) is 13.3. The van der Waals surface area contributed by atoms with Gasteiger partial charge in [0.1, 0.15) is 5.60 Å². The van der Waals surface area contributed by atoms with Crippen molar-refractivity contribution in [3.05, 3.63) is 0 Å². The molecule has 1 saturated heterocycles. The van der Waals surface area contributed by atoms with E-state index in [9.17, 15) is 4.79 Å². The van der Waals surface area contributed by atoms with Crippen LogP contribution in [0.4, 0.5) is 0 Å². The molecule has 0 spiro atoms. The number of fused-ring (bicyclic) bond motifs is 3. The Morgan fingerprint density at radius 2 is 1.84 bits per heavy atom. The maximum Gasteiger partial charge on any atom is 0.306 e. The molecule has 2 saturated carbocycles. The van der Waals surface area contributed by atoms with Crippen molar-refractivity contribution in [2.24, 2.45) is 23.2 Å². The maximum atomic E-state index is 11.7. The van der Waals surface area contributed by atoms with E-state index < -0.39 is 0 Å². The van der Waals surface area contributed by atoms with Crippen LogP contribution in [0, 0.1) is 23.2 Å². The molecule has 1 heterocycles.